The summed E-state index contributed by atoms with van der Waals surface area (Å²) >= 11 is 2.47. The molecule has 0 fully saturated rings. The summed E-state index contributed by atoms with van der Waals surface area (Å²) < 4.78 is 6.92. The third-order valence-corrected chi connectivity index (χ3v) is 4.89. The molecule has 0 atom stereocenters. The second-order valence-corrected chi connectivity index (χ2v) is 6.52. The molecule has 3 amide bonds. The van der Waals surface area contributed by atoms with Crippen LogP contribution in [0.5, 0.6) is 0 Å². The number of aromatic nitrogens is 2. The number of thioether (sulfide) groups is 1. The number of thiophene rings is 1. The largest absolute Gasteiger partial charge is 0.383 e. The van der Waals surface area contributed by atoms with Gasteiger partial charge in [-0.25, -0.2) is 9.78 Å². The Morgan fingerprint density at radius 3 is 2.96 bits per heavy atom. The van der Waals surface area contributed by atoms with Crippen molar-refractivity contribution in [3.63, 3.8) is 0 Å². The van der Waals surface area contributed by atoms with Gasteiger partial charge >= 0.3 is 6.03 Å². The molecule has 2 rings (SSSR count). The van der Waals surface area contributed by atoms with Gasteiger partial charge in [0.05, 0.1) is 17.9 Å². The quantitative estimate of drug-likeness (QED) is 0.429. The Balaban J connectivity index is 1.98. The molecule has 0 unspecified atom stereocenters. The summed E-state index contributed by atoms with van der Waals surface area (Å²) in [6.45, 7) is 2.98. The molecule has 2 aromatic rings. The zero-order chi connectivity index (χ0) is 17.5. The summed E-state index contributed by atoms with van der Waals surface area (Å²) in [6.07, 6.45) is 0. The number of ether oxygens (including phenoxy) is 1. The summed E-state index contributed by atoms with van der Waals surface area (Å²) in [4.78, 5) is 40.1. The van der Waals surface area contributed by atoms with E-state index in [4.69, 9.17) is 4.74 Å². The number of nitrogens with zero attached hydrogens (tertiary/aromatic N) is 2. The van der Waals surface area contributed by atoms with Gasteiger partial charge in [-0.15, -0.1) is 11.3 Å². The minimum absolute atomic E-state index is 0.0141. The van der Waals surface area contributed by atoms with E-state index in [1.165, 1.54) is 23.0 Å². The van der Waals surface area contributed by atoms with Gasteiger partial charge in [-0.3, -0.25) is 19.5 Å². The Hall–Kier alpha value is -1.91. The molecule has 0 radical (unpaired) electrons. The van der Waals surface area contributed by atoms with Gasteiger partial charge in [0, 0.05) is 20.2 Å². The van der Waals surface area contributed by atoms with Crippen molar-refractivity contribution in [2.75, 3.05) is 26.0 Å². The van der Waals surface area contributed by atoms with Crippen LogP contribution in [-0.2, 0) is 16.1 Å². The molecule has 2 heterocycles. The Bertz CT molecular complexity index is 787. The van der Waals surface area contributed by atoms with Crippen LogP contribution in [0, 0.1) is 0 Å². The lowest BCUT2D eigenvalue weighted by Crippen LogP contribution is -2.41. The van der Waals surface area contributed by atoms with Crippen molar-refractivity contribution in [3.8, 4) is 0 Å². The first kappa shape index (κ1) is 18.4. The molecule has 0 aromatic carbocycles. The van der Waals surface area contributed by atoms with Crippen molar-refractivity contribution in [1.29, 1.82) is 0 Å². The highest BCUT2D eigenvalue weighted by Gasteiger charge is 2.14. The summed E-state index contributed by atoms with van der Waals surface area (Å²) in [5, 5.41) is 6.98. The molecule has 2 aromatic heterocycles. The summed E-state index contributed by atoms with van der Waals surface area (Å²) in [5.41, 5.74) is 0.507. The summed E-state index contributed by atoms with van der Waals surface area (Å²) in [5.74, 6) is -0.475. The van der Waals surface area contributed by atoms with E-state index in [1.807, 2.05) is 12.3 Å². The number of fused-ring (bicyclic) bond motifs is 1. The molecule has 130 valence electrons. The van der Waals surface area contributed by atoms with Crippen LogP contribution in [0.15, 0.2) is 21.4 Å². The second kappa shape index (κ2) is 8.81. The highest BCUT2D eigenvalue weighted by Crippen LogP contribution is 2.20. The van der Waals surface area contributed by atoms with Crippen molar-refractivity contribution in [2.24, 2.45) is 0 Å². The second-order valence-electron chi connectivity index (χ2n) is 4.66. The molecule has 0 saturated carbocycles. The average Bonchev–Trinajstić information content (AvgIpc) is 3.02. The predicted molar refractivity (Wildman–Crippen MR) is 93.7 cm³/mol. The number of imide groups is 1. The van der Waals surface area contributed by atoms with Crippen molar-refractivity contribution in [2.45, 2.75) is 18.6 Å². The molecule has 24 heavy (non-hydrogen) atoms. The zero-order valence-corrected chi connectivity index (χ0v) is 15.0. The number of methoxy groups -OCH3 is 1. The lowest BCUT2D eigenvalue weighted by Gasteiger charge is -2.10. The van der Waals surface area contributed by atoms with Gasteiger partial charge in [0.2, 0.25) is 5.91 Å². The van der Waals surface area contributed by atoms with E-state index in [2.05, 4.69) is 15.6 Å². The van der Waals surface area contributed by atoms with Crippen LogP contribution in [0.25, 0.3) is 10.2 Å². The maximum atomic E-state index is 12.4. The molecule has 0 bridgehead atoms. The third-order valence-electron chi connectivity index (χ3n) is 3.02. The predicted octanol–water partition coefficient (Wildman–Crippen LogP) is 1.04. The van der Waals surface area contributed by atoms with Crippen molar-refractivity contribution >= 4 is 45.3 Å². The number of amides is 3. The summed E-state index contributed by atoms with van der Waals surface area (Å²) in [6, 6.07) is 1.20. The van der Waals surface area contributed by atoms with Gasteiger partial charge in [-0.1, -0.05) is 11.8 Å². The molecule has 0 aliphatic carbocycles. The molecular weight excluding hydrogens is 352 g/mol. The maximum Gasteiger partial charge on any atom is 0.321 e. The van der Waals surface area contributed by atoms with Gasteiger partial charge in [0.25, 0.3) is 5.56 Å². The monoisotopic (exact) mass is 370 g/mol. The normalized spacial score (nSPS) is 10.8. The van der Waals surface area contributed by atoms with Gasteiger partial charge in [-0.2, -0.15) is 0 Å². The fraction of sp³-hybridized carbons (Fsp3) is 0.429. The van der Waals surface area contributed by atoms with Gasteiger partial charge < -0.3 is 10.1 Å². The SMILES string of the molecule is CCn1c(SCC(=O)NC(=O)NCCOC)nc2ccsc2c1=O. The van der Waals surface area contributed by atoms with E-state index in [9.17, 15) is 14.4 Å². The molecule has 2 N–H and O–H groups in total. The van der Waals surface area contributed by atoms with Crippen LogP contribution in [0.4, 0.5) is 4.79 Å². The Morgan fingerprint density at radius 1 is 1.46 bits per heavy atom. The first-order valence-corrected chi connectivity index (χ1v) is 9.10. The number of nitrogens with one attached hydrogen (secondary N) is 2. The minimum atomic E-state index is -0.577. The number of rotatable bonds is 7. The molecule has 0 saturated heterocycles. The first-order chi connectivity index (χ1) is 11.6. The zero-order valence-electron chi connectivity index (χ0n) is 13.3. The van der Waals surface area contributed by atoms with E-state index in [0.29, 0.717) is 35.1 Å². The molecular formula is C14H18N4O4S2. The smallest absolute Gasteiger partial charge is 0.321 e. The summed E-state index contributed by atoms with van der Waals surface area (Å²) in [7, 11) is 1.52. The average molecular weight is 370 g/mol. The lowest BCUT2D eigenvalue weighted by molar-refractivity contribution is -0.117. The molecule has 0 aliphatic heterocycles. The number of carbonyl (C=O) groups excluding carboxylic acids is 2. The standard InChI is InChI=1S/C14H18N4O4S2/c1-3-18-12(20)11-9(4-7-23-11)16-14(18)24-8-10(19)17-13(21)15-5-6-22-2/h4,7H,3,5-6,8H2,1-2H3,(H2,15,17,19,21). The highest BCUT2D eigenvalue weighted by atomic mass is 32.2. The molecule has 0 aliphatic rings. The van der Waals surface area contributed by atoms with Crippen LogP contribution in [0.1, 0.15) is 6.92 Å². The molecule has 10 heteroatoms. The first-order valence-electron chi connectivity index (χ1n) is 7.24. The van der Waals surface area contributed by atoms with Crippen molar-refractivity contribution < 1.29 is 14.3 Å². The number of hydrogen-bond acceptors (Lipinski definition) is 7. The lowest BCUT2D eigenvalue weighted by atomic mass is 10.5. The van der Waals surface area contributed by atoms with E-state index in [1.54, 1.807) is 6.07 Å². The van der Waals surface area contributed by atoms with Crippen LogP contribution in [-0.4, -0.2) is 47.5 Å². The minimum Gasteiger partial charge on any atom is -0.383 e. The number of urea groups is 1. The maximum absolute atomic E-state index is 12.4. The van der Waals surface area contributed by atoms with Gasteiger partial charge in [-0.05, 0) is 18.4 Å². The Labute approximate surface area is 146 Å². The van der Waals surface area contributed by atoms with Crippen LogP contribution < -0.4 is 16.2 Å². The topological polar surface area (TPSA) is 102 Å². The van der Waals surface area contributed by atoms with Gasteiger partial charge in [0.1, 0.15) is 4.70 Å². The number of hydrogen-bond donors (Lipinski definition) is 2. The number of carbonyl (C=O) groups is 2. The van der Waals surface area contributed by atoms with Crippen molar-refractivity contribution in [3.05, 3.63) is 21.8 Å². The molecule has 0 spiro atoms. The third kappa shape index (κ3) is 4.56. The Kier molecular flexibility index (Phi) is 6.76. The van der Waals surface area contributed by atoms with E-state index < -0.39 is 11.9 Å². The van der Waals surface area contributed by atoms with Crippen molar-refractivity contribution in [1.82, 2.24) is 20.2 Å². The fourth-order valence-electron chi connectivity index (χ4n) is 1.92. The fourth-order valence-corrected chi connectivity index (χ4v) is 3.56. The van der Waals surface area contributed by atoms with Gasteiger partial charge in [0.15, 0.2) is 5.16 Å². The van der Waals surface area contributed by atoms with Crippen LogP contribution >= 0.6 is 23.1 Å². The van der Waals surface area contributed by atoms with Crippen LogP contribution in [0.3, 0.4) is 0 Å². The van der Waals surface area contributed by atoms with Crippen LogP contribution in [0.2, 0.25) is 0 Å². The highest BCUT2D eigenvalue weighted by molar-refractivity contribution is 7.99. The van der Waals surface area contributed by atoms with E-state index in [-0.39, 0.29) is 11.3 Å². The molecule has 8 nitrogen and oxygen atoms in total. The Morgan fingerprint density at radius 2 is 2.25 bits per heavy atom. The van der Waals surface area contributed by atoms with E-state index >= 15 is 0 Å². The van der Waals surface area contributed by atoms with E-state index in [0.717, 1.165) is 11.8 Å².